The number of aryl methyl sites for hydroxylation is 5. The highest BCUT2D eigenvalue weighted by molar-refractivity contribution is 5.48. The van der Waals surface area contributed by atoms with Crippen LogP contribution in [0.4, 0.5) is 0 Å². The first-order chi connectivity index (χ1) is 13.9. The molecule has 3 aromatic heterocycles. The van der Waals surface area contributed by atoms with Crippen molar-refractivity contribution < 1.29 is 27.9 Å². The van der Waals surface area contributed by atoms with Crippen LogP contribution in [0.15, 0.2) is 55.1 Å². The van der Waals surface area contributed by atoms with Crippen molar-refractivity contribution in [3.05, 3.63) is 94.6 Å². The predicted molar refractivity (Wildman–Crippen MR) is 122 cm³/mol. The van der Waals surface area contributed by atoms with E-state index in [2.05, 4.69) is 97.0 Å². The molecule has 32 heavy (non-hydrogen) atoms. The van der Waals surface area contributed by atoms with Crippen molar-refractivity contribution in [1.29, 1.82) is 0 Å². The van der Waals surface area contributed by atoms with Gasteiger partial charge >= 0.3 is 0 Å². The van der Waals surface area contributed by atoms with Crippen LogP contribution in [0.25, 0.3) is 5.69 Å². The van der Waals surface area contributed by atoms with Crippen LogP contribution in [0, 0.1) is 34.6 Å². The lowest BCUT2D eigenvalue weighted by Gasteiger charge is -2.07. The zero-order valence-corrected chi connectivity index (χ0v) is 20.0. The van der Waals surface area contributed by atoms with Crippen LogP contribution in [0.3, 0.4) is 0 Å². The van der Waals surface area contributed by atoms with E-state index in [1.54, 1.807) is 0 Å². The summed E-state index contributed by atoms with van der Waals surface area (Å²) in [4.78, 5) is 4.85. The second-order valence-electron chi connectivity index (χ2n) is 7.95. The van der Waals surface area contributed by atoms with Gasteiger partial charge in [0.15, 0.2) is 0 Å². The van der Waals surface area contributed by atoms with E-state index in [1.807, 2.05) is 11.6 Å². The Balaban J connectivity index is 0.00000171. The van der Waals surface area contributed by atoms with E-state index in [-0.39, 0.29) is 23.4 Å². The number of hydrogen-bond donors (Lipinski definition) is 0. The van der Waals surface area contributed by atoms with E-state index in [0.29, 0.717) is 6.54 Å². The maximum atomic E-state index is 4.85. The average Bonchev–Trinajstić information content (AvgIpc) is 3.20. The molecule has 0 atom stereocenters. The number of imidazole rings is 1. The van der Waals surface area contributed by atoms with E-state index in [0.717, 1.165) is 29.3 Å². The number of aromatic nitrogens is 5. The average molecular weight is 458 g/mol. The first-order valence-electron chi connectivity index (χ1n) is 10.00. The van der Waals surface area contributed by atoms with Gasteiger partial charge in [-0.05, 0) is 63.9 Å². The van der Waals surface area contributed by atoms with Crippen LogP contribution in [-0.4, -0.2) is 30.3 Å². The van der Waals surface area contributed by atoms with E-state index in [9.17, 15) is 0 Å². The smallest absolute Gasteiger partial charge is 0.249 e. The molecule has 0 radical (unpaired) electrons. The Morgan fingerprint density at radius 2 is 1.56 bits per heavy atom. The summed E-state index contributed by atoms with van der Waals surface area (Å²) in [6.45, 7) is 12.0. The summed E-state index contributed by atoms with van der Waals surface area (Å²) in [5.41, 5.74) is 9.39. The monoisotopic (exact) mass is 457 g/mol. The third-order valence-corrected chi connectivity index (χ3v) is 5.21. The van der Waals surface area contributed by atoms with Crippen molar-refractivity contribution >= 4 is 0 Å². The molecule has 4 N–H and O–H groups in total. The van der Waals surface area contributed by atoms with E-state index < -0.39 is 0 Å². The highest BCUT2D eigenvalue weighted by atomic mass is 35.5. The summed E-state index contributed by atoms with van der Waals surface area (Å²) in [5.74, 6) is 0. The molecule has 7 nitrogen and oxygen atoms in total. The van der Waals surface area contributed by atoms with E-state index in [4.69, 9.17) is 4.98 Å². The minimum Gasteiger partial charge on any atom is -1.00 e. The molecule has 0 fully saturated rings. The third kappa shape index (κ3) is 5.82. The maximum absolute atomic E-state index is 4.85. The second kappa shape index (κ2) is 11.0. The first kappa shape index (κ1) is 27.0. The highest BCUT2D eigenvalue weighted by Crippen LogP contribution is 2.20. The number of pyridine rings is 1. The number of hydrogen-bond acceptors (Lipinski definition) is 2. The molecule has 3 heterocycles. The van der Waals surface area contributed by atoms with Gasteiger partial charge in [0.1, 0.15) is 24.6 Å². The summed E-state index contributed by atoms with van der Waals surface area (Å²) < 4.78 is 6.38. The summed E-state index contributed by atoms with van der Waals surface area (Å²) in [7, 11) is 0. The van der Waals surface area contributed by atoms with Crippen LogP contribution in [-0.2, 0) is 13.1 Å². The molecule has 4 aromatic rings. The predicted octanol–water partition coefficient (Wildman–Crippen LogP) is -0.650. The van der Waals surface area contributed by atoms with Gasteiger partial charge in [0.05, 0.1) is 23.6 Å². The molecule has 0 aliphatic carbocycles. The Hall–Kier alpha value is -3.00. The van der Waals surface area contributed by atoms with Crippen molar-refractivity contribution in [3.8, 4) is 5.69 Å². The van der Waals surface area contributed by atoms with Crippen LogP contribution >= 0.6 is 0 Å². The van der Waals surface area contributed by atoms with Gasteiger partial charge in [-0.2, -0.15) is 5.10 Å². The lowest BCUT2D eigenvalue weighted by atomic mass is 10.1. The second-order valence-corrected chi connectivity index (χ2v) is 7.95. The van der Waals surface area contributed by atoms with Gasteiger partial charge in [-0.15, -0.1) is 0 Å². The molecule has 172 valence electrons. The van der Waals surface area contributed by atoms with Crippen molar-refractivity contribution in [3.63, 3.8) is 0 Å². The van der Waals surface area contributed by atoms with Gasteiger partial charge in [0.25, 0.3) is 0 Å². The lowest BCUT2D eigenvalue weighted by Crippen LogP contribution is -3.00. The van der Waals surface area contributed by atoms with Gasteiger partial charge in [-0.25, -0.2) is 9.13 Å². The SMILES string of the molecule is Cc1cc(C)c(-n2cc[n+](Cc3cccc(Cn4nc(C)cc4C)n3)c2)c(C)c1.O.O.[Cl-]. The summed E-state index contributed by atoms with van der Waals surface area (Å²) in [6, 6.07) is 12.8. The summed E-state index contributed by atoms with van der Waals surface area (Å²) >= 11 is 0. The quantitative estimate of drug-likeness (QED) is 0.372. The molecule has 0 amide bonds. The zero-order valence-electron chi connectivity index (χ0n) is 19.2. The molecule has 8 heteroatoms. The molecule has 0 aliphatic rings. The molecule has 0 unspecified atom stereocenters. The van der Waals surface area contributed by atoms with Crippen LogP contribution < -0.4 is 17.0 Å². The fourth-order valence-electron chi connectivity index (χ4n) is 4.08. The number of nitrogens with zero attached hydrogens (tertiary/aromatic N) is 5. The Kier molecular flexibility index (Phi) is 9.33. The highest BCUT2D eigenvalue weighted by Gasteiger charge is 2.14. The number of rotatable bonds is 5. The molecule has 0 saturated carbocycles. The molecule has 0 bridgehead atoms. The lowest BCUT2D eigenvalue weighted by molar-refractivity contribution is -0.688. The normalized spacial score (nSPS) is 10.2. The fourth-order valence-corrected chi connectivity index (χ4v) is 4.08. The molecule has 0 aliphatic heterocycles. The van der Waals surface area contributed by atoms with E-state index >= 15 is 0 Å². The topological polar surface area (TPSA) is 103 Å². The third-order valence-electron chi connectivity index (χ3n) is 5.21. The molecular weight excluding hydrogens is 426 g/mol. The van der Waals surface area contributed by atoms with Crippen LogP contribution in [0.1, 0.15) is 39.5 Å². The van der Waals surface area contributed by atoms with Gasteiger partial charge < -0.3 is 23.4 Å². The van der Waals surface area contributed by atoms with Crippen molar-refractivity contribution in [2.45, 2.75) is 47.7 Å². The standard InChI is InChI=1S/C24H28N5.ClH.2H2O/c1-17-11-18(2)24(19(3)12-17)28-10-9-27(16-28)14-22-7-6-8-23(25-22)15-29-21(5)13-20(4)26-29;;;/h6-13,16H,14-15H2,1-5H3;1H;2*1H2/q+1;;;/p-1. The van der Waals surface area contributed by atoms with Crippen molar-refractivity contribution in [2.75, 3.05) is 0 Å². The van der Waals surface area contributed by atoms with Crippen molar-refractivity contribution in [1.82, 2.24) is 19.3 Å². The Morgan fingerprint density at radius 3 is 2.19 bits per heavy atom. The molecule has 0 saturated heterocycles. The summed E-state index contributed by atoms with van der Waals surface area (Å²) in [6.07, 6.45) is 6.36. The molecular formula is C24H32ClN5O2. The maximum Gasteiger partial charge on any atom is 0.249 e. The van der Waals surface area contributed by atoms with Gasteiger partial charge in [0, 0.05) is 5.69 Å². The van der Waals surface area contributed by atoms with Gasteiger partial charge in [-0.3, -0.25) is 9.67 Å². The van der Waals surface area contributed by atoms with Gasteiger partial charge in [-0.1, -0.05) is 23.8 Å². The minimum atomic E-state index is 0. The van der Waals surface area contributed by atoms with Crippen LogP contribution in [0.5, 0.6) is 0 Å². The van der Waals surface area contributed by atoms with E-state index in [1.165, 1.54) is 22.4 Å². The molecule has 4 rings (SSSR count). The molecule has 0 spiro atoms. The van der Waals surface area contributed by atoms with Crippen molar-refractivity contribution in [2.24, 2.45) is 0 Å². The summed E-state index contributed by atoms with van der Waals surface area (Å²) in [5, 5.41) is 4.55. The first-order valence-corrected chi connectivity index (χ1v) is 10.00. The zero-order chi connectivity index (χ0) is 20.5. The fraction of sp³-hybridized carbons (Fsp3) is 0.292. The molecule has 1 aromatic carbocycles. The van der Waals surface area contributed by atoms with Crippen LogP contribution in [0.2, 0.25) is 0 Å². The number of benzene rings is 1. The minimum absolute atomic E-state index is 0. The van der Waals surface area contributed by atoms with Gasteiger partial charge in [0.2, 0.25) is 6.33 Å². The Morgan fingerprint density at radius 1 is 0.906 bits per heavy atom. The Labute approximate surface area is 195 Å². The number of halogens is 1. The largest absolute Gasteiger partial charge is 1.00 e. The Bertz CT molecular complexity index is 1160.